The molecule has 0 aliphatic rings. The van der Waals surface area contributed by atoms with Crippen molar-refractivity contribution in [3.63, 3.8) is 0 Å². The Morgan fingerprint density at radius 2 is 0.577 bits per heavy atom. The summed E-state index contributed by atoms with van der Waals surface area (Å²) >= 11 is 0. The Hall–Kier alpha value is -3.38. The second kappa shape index (κ2) is 9.80. The van der Waals surface area contributed by atoms with Crippen LogP contribution in [0.5, 0.6) is 0 Å². The van der Waals surface area contributed by atoms with Gasteiger partial charge in [-0.05, 0) is 22.3 Å². The van der Waals surface area contributed by atoms with Gasteiger partial charge in [0.25, 0.3) is 0 Å². The van der Waals surface area contributed by atoms with Crippen LogP contribution in [0.15, 0.2) is 109 Å². The largest absolute Gasteiger partial charge is 0.0622 e. The Labute approximate surface area is 156 Å². The van der Waals surface area contributed by atoms with Crippen molar-refractivity contribution in [1.29, 1.82) is 0 Å². The molecule has 0 saturated carbocycles. The van der Waals surface area contributed by atoms with Crippen molar-refractivity contribution in [3.8, 4) is 0 Å². The minimum atomic E-state index is 1.19. The van der Waals surface area contributed by atoms with E-state index >= 15 is 0 Å². The molecular formula is C26H22. The lowest BCUT2D eigenvalue weighted by Crippen LogP contribution is -1.74. The smallest absolute Gasteiger partial charge is 0.0256 e. The summed E-state index contributed by atoms with van der Waals surface area (Å²) in [6.45, 7) is 0. The van der Waals surface area contributed by atoms with Crippen LogP contribution >= 0.6 is 0 Å². The van der Waals surface area contributed by atoms with Gasteiger partial charge >= 0.3 is 0 Å². The Balaban J connectivity index is 1.53. The summed E-state index contributed by atoms with van der Waals surface area (Å²) in [5, 5.41) is 0. The van der Waals surface area contributed by atoms with E-state index in [9.17, 15) is 0 Å². The van der Waals surface area contributed by atoms with Crippen LogP contribution in [0, 0.1) is 0 Å². The molecule has 0 amide bonds. The molecule has 0 N–H and O–H groups in total. The summed E-state index contributed by atoms with van der Waals surface area (Å²) in [4.78, 5) is 0. The van der Waals surface area contributed by atoms with E-state index in [1.165, 1.54) is 22.3 Å². The molecule has 0 atom stereocenters. The van der Waals surface area contributed by atoms with Crippen molar-refractivity contribution in [2.75, 3.05) is 0 Å². The predicted molar refractivity (Wildman–Crippen MR) is 115 cm³/mol. The van der Waals surface area contributed by atoms with Crippen LogP contribution in [0.2, 0.25) is 0 Å². The molecule has 0 aliphatic carbocycles. The van der Waals surface area contributed by atoms with Crippen molar-refractivity contribution in [2.45, 2.75) is 0 Å². The topological polar surface area (TPSA) is 0 Å². The second-order valence-electron chi connectivity index (χ2n) is 5.92. The van der Waals surface area contributed by atoms with Gasteiger partial charge in [0.15, 0.2) is 0 Å². The molecule has 3 aromatic carbocycles. The molecule has 0 spiro atoms. The molecule has 0 aliphatic heterocycles. The van der Waals surface area contributed by atoms with E-state index in [1.54, 1.807) is 0 Å². The van der Waals surface area contributed by atoms with Crippen LogP contribution in [-0.4, -0.2) is 0 Å². The van der Waals surface area contributed by atoms with Crippen LogP contribution in [0.4, 0.5) is 0 Å². The van der Waals surface area contributed by atoms with Crippen LogP contribution in [0.3, 0.4) is 0 Å². The maximum atomic E-state index is 2.13. The number of allylic oxidation sites excluding steroid dienone is 4. The zero-order valence-electron chi connectivity index (χ0n) is 14.7. The lowest BCUT2D eigenvalue weighted by Gasteiger charge is -1.95. The van der Waals surface area contributed by atoms with Gasteiger partial charge < -0.3 is 0 Å². The van der Waals surface area contributed by atoms with Crippen LogP contribution in [0.1, 0.15) is 22.3 Å². The Kier molecular flexibility index (Phi) is 6.58. The third kappa shape index (κ3) is 5.92. The maximum absolute atomic E-state index is 2.13. The van der Waals surface area contributed by atoms with Crippen LogP contribution < -0.4 is 0 Å². The van der Waals surface area contributed by atoms with Gasteiger partial charge in [0.2, 0.25) is 0 Å². The lowest BCUT2D eigenvalue weighted by atomic mass is 10.1. The summed E-state index contributed by atoms with van der Waals surface area (Å²) in [5.41, 5.74) is 4.81. The fraction of sp³-hybridized carbons (Fsp3) is 0. The second-order valence-corrected chi connectivity index (χ2v) is 5.92. The molecular weight excluding hydrogens is 312 g/mol. The number of hydrogen-bond donors (Lipinski definition) is 0. The van der Waals surface area contributed by atoms with E-state index in [0.29, 0.717) is 0 Å². The molecule has 0 heteroatoms. The Morgan fingerprint density at radius 1 is 0.308 bits per heavy atom. The minimum Gasteiger partial charge on any atom is -0.0622 e. The fourth-order valence-electron chi connectivity index (χ4n) is 2.51. The van der Waals surface area contributed by atoms with Gasteiger partial charge in [-0.1, -0.05) is 134 Å². The minimum absolute atomic E-state index is 1.19. The first kappa shape index (κ1) is 17.4. The van der Waals surface area contributed by atoms with E-state index in [2.05, 4.69) is 97.1 Å². The molecule has 0 radical (unpaired) electrons. The van der Waals surface area contributed by atoms with E-state index < -0.39 is 0 Å². The van der Waals surface area contributed by atoms with Crippen molar-refractivity contribution >= 4 is 24.3 Å². The Bertz CT molecular complexity index is 815. The maximum Gasteiger partial charge on any atom is -0.0256 e. The molecule has 0 bridgehead atoms. The Morgan fingerprint density at radius 3 is 0.885 bits per heavy atom. The molecule has 0 aromatic heterocycles. The zero-order chi connectivity index (χ0) is 17.9. The van der Waals surface area contributed by atoms with Crippen molar-refractivity contribution in [1.82, 2.24) is 0 Å². The third-order valence-electron chi connectivity index (χ3n) is 3.91. The van der Waals surface area contributed by atoms with Gasteiger partial charge in [-0.25, -0.2) is 0 Å². The van der Waals surface area contributed by atoms with Crippen molar-refractivity contribution in [3.05, 3.63) is 131 Å². The molecule has 0 nitrogen and oxygen atoms in total. The molecule has 0 fully saturated rings. The first-order chi connectivity index (χ1) is 12.9. The normalized spacial score (nSPS) is 12.0. The highest BCUT2D eigenvalue weighted by atomic mass is 13.9. The number of rotatable bonds is 6. The van der Waals surface area contributed by atoms with E-state index in [0.717, 1.165) is 0 Å². The molecule has 3 aromatic rings. The van der Waals surface area contributed by atoms with Gasteiger partial charge in [-0.15, -0.1) is 0 Å². The summed E-state index contributed by atoms with van der Waals surface area (Å²) in [6.07, 6.45) is 16.7. The summed E-state index contributed by atoms with van der Waals surface area (Å²) in [5.74, 6) is 0. The van der Waals surface area contributed by atoms with Gasteiger partial charge in [-0.3, -0.25) is 0 Å². The highest BCUT2D eigenvalue weighted by Gasteiger charge is 1.88. The number of benzene rings is 3. The van der Waals surface area contributed by atoms with Crippen molar-refractivity contribution in [2.24, 2.45) is 0 Å². The first-order valence-electron chi connectivity index (χ1n) is 8.80. The average Bonchev–Trinajstić information content (AvgIpc) is 2.71. The van der Waals surface area contributed by atoms with Crippen LogP contribution in [0.25, 0.3) is 24.3 Å². The van der Waals surface area contributed by atoms with Gasteiger partial charge in [0.1, 0.15) is 0 Å². The lowest BCUT2D eigenvalue weighted by molar-refractivity contribution is 1.62. The SMILES string of the molecule is C(=C/c1ccc(/C=C/C=C\c2ccccc2)cc1)/C=C/c1ccccc1. The van der Waals surface area contributed by atoms with Gasteiger partial charge in [-0.2, -0.15) is 0 Å². The highest BCUT2D eigenvalue weighted by molar-refractivity contribution is 5.61. The standard InChI is InChI=1S/C26H22/c1-3-11-23(12-4-1)15-7-9-17-25-19-21-26(22-20-25)18-10-8-16-24-13-5-2-6-14-24/h1-22H/b15-7-,16-8+,17-9+,18-10-. The summed E-state index contributed by atoms with van der Waals surface area (Å²) < 4.78 is 0. The molecule has 3 rings (SSSR count). The fourth-order valence-corrected chi connectivity index (χ4v) is 2.51. The third-order valence-corrected chi connectivity index (χ3v) is 3.91. The molecule has 26 heavy (non-hydrogen) atoms. The van der Waals surface area contributed by atoms with Crippen molar-refractivity contribution < 1.29 is 0 Å². The summed E-state index contributed by atoms with van der Waals surface area (Å²) in [7, 11) is 0. The van der Waals surface area contributed by atoms with E-state index in [-0.39, 0.29) is 0 Å². The van der Waals surface area contributed by atoms with E-state index in [1.807, 2.05) is 36.4 Å². The molecule has 0 unspecified atom stereocenters. The molecule has 0 saturated heterocycles. The van der Waals surface area contributed by atoms with Crippen LogP contribution in [-0.2, 0) is 0 Å². The summed E-state index contributed by atoms with van der Waals surface area (Å²) in [6, 6.07) is 29.2. The van der Waals surface area contributed by atoms with E-state index in [4.69, 9.17) is 0 Å². The quantitative estimate of drug-likeness (QED) is 0.420. The first-order valence-corrected chi connectivity index (χ1v) is 8.80. The molecule has 0 heterocycles. The highest BCUT2D eigenvalue weighted by Crippen LogP contribution is 2.09. The number of hydrogen-bond acceptors (Lipinski definition) is 0. The average molecular weight is 334 g/mol. The van der Waals surface area contributed by atoms with Gasteiger partial charge in [0, 0.05) is 0 Å². The predicted octanol–water partition coefficient (Wildman–Crippen LogP) is 7.14. The van der Waals surface area contributed by atoms with Gasteiger partial charge in [0.05, 0.1) is 0 Å². The monoisotopic (exact) mass is 334 g/mol. The molecule has 126 valence electrons. The zero-order valence-corrected chi connectivity index (χ0v) is 14.7.